The minimum Gasteiger partial charge on any atom is -0.342 e. The molecule has 0 amide bonds. The first-order chi connectivity index (χ1) is 12.8. The average Bonchev–Trinajstić information content (AvgIpc) is 3.25. The van der Waals surface area contributed by atoms with Crippen LogP contribution in [0.5, 0.6) is 0 Å². The zero-order valence-corrected chi connectivity index (χ0v) is 18.6. The molecule has 0 bridgehead atoms. The quantitative estimate of drug-likeness (QED) is 0.769. The van der Waals surface area contributed by atoms with E-state index in [4.69, 9.17) is 0 Å². The molecule has 2 aliphatic rings. The van der Waals surface area contributed by atoms with Gasteiger partial charge in [-0.05, 0) is 67.8 Å². The van der Waals surface area contributed by atoms with Crippen LogP contribution in [0.2, 0.25) is 0 Å². The van der Waals surface area contributed by atoms with E-state index in [2.05, 4.69) is 39.9 Å². The van der Waals surface area contributed by atoms with Crippen molar-refractivity contribution in [2.45, 2.75) is 63.7 Å². The van der Waals surface area contributed by atoms with Gasteiger partial charge in [0.1, 0.15) is 0 Å². The number of piperidine rings is 1. The highest BCUT2D eigenvalue weighted by molar-refractivity contribution is 9.10. The van der Waals surface area contributed by atoms with E-state index in [1.807, 2.05) is 39.4 Å². The van der Waals surface area contributed by atoms with Crippen LogP contribution >= 0.6 is 15.9 Å². The summed E-state index contributed by atoms with van der Waals surface area (Å²) in [7, 11) is -1.01. The third kappa shape index (κ3) is 3.56. The SMILES string of the molecule is CC(C)(C)[S@@](=O)N[C@@H]1CCCC12CCN(c1ncc(Br)c3nccn13)CC2. The predicted molar refractivity (Wildman–Crippen MR) is 113 cm³/mol. The first-order valence-corrected chi connectivity index (χ1v) is 11.7. The lowest BCUT2D eigenvalue weighted by Crippen LogP contribution is -2.51. The highest BCUT2D eigenvalue weighted by Crippen LogP contribution is 2.47. The van der Waals surface area contributed by atoms with Gasteiger partial charge < -0.3 is 4.90 Å². The number of nitrogens with one attached hydrogen (secondary N) is 1. The molecular formula is C19H28BrN5OS. The van der Waals surface area contributed by atoms with Crippen molar-refractivity contribution in [2.24, 2.45) is 5.41 Å². The van der Waals surface area contributed by atoms with E-state index in [1.54, 1.807) is 0 Å². The predicted octanol–water partition coefficient (Wildman–Crippen LogP) is 3.68. The van der Waals surface area contributed by atoms with Crippen LogP contribution in [0.15, 0.2) is 23.1 Å². The molecule has 2 aromatic rings. The van der Waals surface area contributed by atoms with Crippen molar-refractivity contribution in [1.82, 2.24) is 19.1 Å². The molecule has 1 saturated heterocycles. The Hall–Kier alpha value is -0.990. The smallest absolute Gasteiger partial charge is 0.211 e. The summed E-state index contributed by atoms with van der Waals surface area (Å²) in [5.41, 5.74) is 1.17. The van der Waals surface area contributed by atoms with Crippen LogP contribution in [-0.4, -0.2) is 42.5 Å². The van der Waals surface area contributed by atoms with Gasteiger partial charge in [0.15, 0.2) is 5.65 Å². The fourth-order valence-corrected chi connectivity index (χ4v) is 5.86. The maximum absolute atomic E-state index is 12.6. The van der Waals surface area contributed by atoms with Crippen molar-refractivity contribution in [3.05, 3.63) is 23.1 Å². The second-order valence-electron chi connectivity index (χ2n) is 8.82. The van der Waals surface area contributed by atoms with Gasteiger partial charge in [0.05, 0.1) is 20.2 Å². The minimum atomic E-state index is -1.01. The van der Waals surface area contributed by atoms with Gasteiger partial charge in [-0.2, -0.15) is 0 Å². The van der Waals surface area contributed by atoms with Gasteiger partial charge in [-0.25, -0.2) is 18.9 Å². The van der Waals surface area contributed by atoms with Crippen molar-refractivity contribution in [2.75, 3.05) is 18.0 Å². The summed E-state index contributed by atoms with van der Waals surface area (Å²) in [4.78, 5) is 11.4. The largest absolute Gasteiger partial charge is 0.342 e. The summed E-state index contributed by atoms with van der Waals surface area (Å²) < 4.78 is 18.9. The number of aromatic nitrogens is 3. The van der Waals surface area contributed by atoms with E-state index in [-0.39, 0.29) is 10.2 Å². The Balaban J connectivity index is 1.50. The Morgan fingerprint density at radius 3 is 2.70 bits per heavy atom. The van der Waals surface area contributed by atoms with Crippen molar-refractivity contribution in [3.63, 3.8) is 0 Å². The molecule has 27 heavy (non-hydrogen) atoms. The van der Waals surface area contributed by atoms with E-state index in [1.165, 1.54) is 12.8 Å². The first kappa shape index (κ1) is 19.3. The third-order valence-electron chi connectivity index (χ3n) is 6.12. The number of nitrogens with zero attached hydrogens (tertiary/aromatic N) is 4. The maximum Gasteiger partial charge on any atom is 0.211 e. The van der Waals surface area contributed by atoms with Crippen molar-refractivity contribution >= 4 is 38.5 Å². The number of halogens is 1. The molecule has 0 unspecified atom stereocenters. The highest BCUT2D eigenvalue weighted by atomic mass is 79.9. The Kier molecular flexibility index (Phi) is 5.10. The van der Waals surface area contributed by atoms with Crippen LogP contribution in [-0.2, 0) is 11.0 Å². The summed E-state index contributed by atoms with van der Waals surface area (Å²) in [6, 6.07) is 0.353. The number of hydrogen-bond acceptors (Lipinski definition) is 4. The normalized spacial score (nSPS) is 24.0. The molecular weight excluding hydrogens is 426 g/mol. The van der Waals surface area contributed by atoms with Crippen molar-refractivity contribution in [3.8, 4) is 0 Å². The topological polar surface area (TPSA) is 62.5 Å². The molecule has 2 fully saturated rings. The molecule has 1 N–H and O–H groups in total. The average molecular weight is 454 g/mol. The van der Waals surface area contributed by atoms with Crippen LogP contribution in [0.25, 0.3) is 5.65 Å². The summed E-state index contributed by atoms with van der Waals surface area (Å²) in [5.74, 6) is 0.960. The molecule has 1 saturated carbocycles. The third-order valence-corrected chi connectivity index (χ3v) is 8.29. The van der Waals surface area contributed by atoms with Crippen molar-refractivity contribution in [1.29, 1.82) is 0 Å². The number of rotatable bonds is 3. The fourth-order valence-electron chi connectivity index (χ4n) is 4.49. The Bertz CT molecular complexity index is 853. The van der Waals surface area contributed by atoms with Gasteiger partial charge >= 0.3 is 0 Å². The summed E-state index contributed by atoms with van der Waals surface area (Å²) in [6.45, 7) is 8.06. The standard InChI is InChI=1S/C19H28BrN5OS/c1-18(2,3)27(26)23-15-5-4-6-19(15)7-10-24(11-8-19)17-22-13-14(20)16-21-9-12-25(16)17/h9,12-13,15,23H,4-8,10-11H2,1-3H3/t15-,27-/m1/s1. The highest BCUT2D eigenvalue weighted by Gasteiger charge is 2.46. The van der Waals surface area contributed by atoms with E-state index >= 15 is 0 Å². The molecule has 2 aromatic heterocycles. The molecule has 1 aliphatic carbocycles. The molecule has 0 aromatic carbocycles. The van der Waals surface area contributed by atoms with Crippen LogP contribution in [0, 0.1) is 5.41 Å². The number of anilines is 1. The van der Waals surface area contributed by atoms with Gasteiger partial charge in [-0.15, -0.1) is 0 Å². The lowest BCUT2D eigenvalue weighted by atomic mass is 9.74. The van der Waals surface area contributed by atoms with Gasteiger partial charge in [0.2, 0.25) is 5.95 Å². The number of hydrogen-bond donors (Lipinski definition) is 1. The summed E-state index contributed by atoms with van der Waals surface area (Å²) >= 11 is 3.53. The van der Waals surface area contributed by atoms with Crippen LogP contribution < -0.4 is 9.62 Å². The zero-order chi connectivity index (χ0) is 19.2. The molecule has 0 radical (unpaired) electrons. The number of imidazole rings is 1. The zero-order valence-electron chi connectivity index (χ0n) is 16.2. The molecule has 2 atom stereocenters. The molecule has 148 valence electrons. The minimum absolute atomic E-state index is 0.223. The molecule has 1 spiro atoms. The Labute approximate surface area is 171 Å². The molecule has 4 rings (SSSR count). The lowest BCUT2D eigenvalue weighted by Gasteiger charge is -2.44. The molecule has 6 nitrogen and oxygen atoms in total. The van der Waals surface area contributed by atoms with Gasteiger partial charge in [0, 0.05) is 37.7 Å². The van der Waals surface area contributed by atoms with Crippen LogP contribution in [0.1, 0.15) is 52.9 Å². The molecule has 1 aliphatic heterocycles. The summed E-state index contributed by atoms with van der Waals surface area (Å²) in [6.07, 6.45) is 11.4. The second kappa shape index (κ2) is 7.12. The van der Waals surface area contributed by atoms with E-state index in [9.17, 15) is 4.21 Å². The van der Waals surface area contributed by atoms with Gasteiger partial charge in [-0.3, -0.25) is 4.40 Å². The summed E-state index contributed by atoms with van der Waals surface area (Å²) in [5, 5.41) is 0. The Morgan fingerprint density at radius 1 is 1.26 bits per heavy atom. The molecule has 3 heterocycles. The van der Waals surface area contributed by atoms with Gasteiger partial charge in [0.25, 0.3) is 0 Å². The van der Waals surface area contributed by atoms with Crippen molar-refractivity contribution < 1.29 is 4.21 Å². The monoisotopic (exact) mass is 453 g/mol. The van der Waals surface area contributed by atoms with E-state index in [0.717, 1.165) is 48.4 Å². The fraction of sp³-hybridized carbons (Fsp3) is 0.684. The van der Waals surface area contributed by atoms with E-state index in [0.29, 0.717) is 6.04 Å². The van der Waals surface area contributed by atoms with Gasteiger partial charge in [-0.1, -0.05) is 6.42 Å². The van der Waals surface area contributed by atoms with E-state index < -0.39 is 11.0 Å². The van der Waals surface area contributed by atoms with Crippen LogP contribution in [0.4, 0.5) is 5.95 Å². The maximum atomic E-state index is 12.6. The second-order valence-corrected chi connectivity index (χ2v) is 11.7. The molecule has 8 heteroatoms. The lowest BCUT2D eigenvalue weighted by molar-refractivity contribution is 0.187. The van der Waals surface area contributed by atoms with Crippen LogP contribution in [0.3, 0.4) is 0 Å². The Morgan fingerprint density at radius 2 is 2.00 bits per heavy atom. The first-order valence-electron chi connectivity index (χ1n) is 9.71. The number of fused-ring (bicyclic) bond motifs is 1.